The molecule has 7 heteroatoms. The lowest BCUT2D eigenvalue weighted by Gasteiger charge is -2.22. The molecule has 1 fully saturated rings. The maximum absolute atomic E-state index is 13.7. The van der Waals surface area contributed by atoms with Crippen LogP contribution in [0.25, 0.3) is 11.0 Å². The normalized spacial score (nSPS) is 16.8. The summed E-state index contributed by atoms with van der Waals surface area (Å²) < 4.78 is 21.2. The average Bonchev–Trinajstić information content (AvgIpc) is 3.25. The molecule has 0 saturated carbocycles. The number of imidazole rings is 1. The average molecular weight is 410 g/mol. The van der Waals surface area contributed by atoms with Crippen molar-refractivity contribution >= 4 is 23.1 Å². The molecule has 0 bridgehead atoms. The van der Waals surface area contributed by atoms with Crippen molar-refractivity contribution < 1.29 is 13.9 Å². The molecule has 1 atom stereocenters. The number of hydrogen-bond donors (Lipinski definition) is 1. The third kappa shape index (κ3) is 4.56. The van der Waals surface area contributed by atoms with Crippen molar-refractivity contribution in [1.82, 2.24) is 14.9 Å². The fourth-order valence-electron chi connectivity index (χ4n) is 3.81. The summed E-state index contributed by atoms with van der Waals surface area (Å²) in [7, 11) is 0. The molecule has 0 spiro atoms. The molecule has 4 rings (SSSR count). The zero-order valence-corrected chi connectivity index (χ0v) is 17.6. The number of carbonyl (C=O) groups excluding carboxylic acids is 1. The lowest BCUT2D eigenvalue weighted by Crippen LogP contribution is -2.40. The molecule has 0 unspecified atom stereocenters. The molecule has 1 aliphatic heterocycles. The van der Waals surface area contributed by atoms with Crippen molar-refractivity contribution in [1.29, 1.82) is 0 Å². The molecule has 30 heavy (non-hydrogen) atoms. The number of rotatable bonds is 4. The highest BCUT2D eigenvalue weighted by Gasteiger charge is 2.29. The van der Waals surface area contributed by atoms with Crippen LogP contribution >= 0.6 is 0 Å². The van der Waals surface area contributed by atoms with Crippen molar-refractivity contribution in [2.75, 3.05) is 18.0 Å². The zero-order chi connectivity index (χ0) is 21.3. The number of fused-ring (bicyclic) bond motifs is 1. The van der Waals surface area contributed by atoms with E-state index < -0.39 is 11.7 Å². The minimum atomic E-state index is -0.526. The van der Waals surface area contributed by atoms with Gasteiger partial charge in [-0.15, -0.1) is 0 Å². The first-order valence-electron chi connectivity index (χ1n) is 10.2. The van der Waals surface area contributed by atoms with Gasteiger partial charge in [-0.05, 0) is 57.0 Å². The number of anilines is 1. The number of halogens is 1. The predicted molar refractivity (Wildman–Crippen MR) is 115 cm³/mol. The Bertz CT molecular complexity index is 1060. The van der Waals surface area contributed by atoms with E-state index in [1.165, 1.54) is 6.07 Å². The molecule has 1 aromatic heterocycles. The second-order valence-electron chi connectivity index (χ2n) is 8.69. The van der Waals surface area contributed by atoms with Gasteiger partial charge in [0.25, 0.3) is 0 Å². The number of nitrogens with one attached hydrogen (secondary N) is 1. The SMILES string of the molecule is CC(C)(C)OC(=O)N[C@@H]1CCN(c2nc3ccccc3n2Cc2cccc(F)c2)C1. The van der Waals surface area contributed by atoms with Gasteiger partial charge < -0.3 is 19.5 Å². The molecular formula is C23H27FN4O2. The van der Waals surface area contributed by atoms with Crippen molar-refractivity contribution in [3.63, 3.8) is 0 Å². The van der Waals surface area contributed by atoms with Gasteiger partial charge in [-0.2, -0.15) is 0 Å². The topological polar surface area (TPSA) is 59.4 Å². The predicted octanol–water partition coefficient (Wildman–Crippen LogP) is 4.33. The summed E-state index contributed by atoms with van der Waals surface area (Å²) in [5.41, 5.74) is 2.25. The molecule has 1 N–H and O–H groups in total. The Morgan fingerprint density at radius 1 is 1.23 bits per heavy atom. The van der Waals surface area contributed by atoms with Crippen molar-refractivity contribution in [3.05, 3.63) is 59.9 Å². The summed E-state index contributed by atoms with van der Waals surface area (Å²) in [5.74, 6) is 0.579. The molecule has 1 aliphatic rings. The minimum Gasteiger partial charge on any atom is -0.444 e. The summed E-state index contributed by atoms with van der Waals surface area (Å²) in [6.45, 7) is 7.49. The van der Waals surface area contributed by atoms with Gasteiger partial charge in [0, 0.05) is 13.1 Å². The molecule has 0 aliphatic carbocycles. The quantitative estimate of drug-likeness (QED) is 0.696. The molecule has 0 radical (unpaired) electrons. The van der Waals surface area contributed by atoms with Gasteiger partial charge in [-0.1, -0.05) is 24.3 Å². The van der Waals surface area contributed by atoms with Crippen LogP contribution in [-0.4, -0.2) is 40.4 Å². The van der Waals surface area contributed by atoms with E-state index in [1.807, 2.05) is 51.1 Å². The lowest BCUT2D eigenvalue weighted by atomic mass is 10.2. The van der Waals surface area contributed by atoms with Crippen LogP contribution in [0, 0.1) is 5.82 Å². The monoisotopic (exact) mass is 410 g/mol. The number of hydrogen-bond acceptors (Lipinski definition) is 4. The summed E-state index contributed by atoms with van der Waals surface area (Å²) in [4.78, 5) is 19.1. The highest BCUT2D eigenvalue weighted by Crippen LogP contribution is 2.27. The second-order valence-corrected chi connectivity index (χ2v) is 8.69. The maximum Gasteiger partial charge on any atom is 0.407 e. The van der Waals surface area contributed by atoms with Crippen LogP contribution in [0.4, 0.5) is 15.1 Å². The van der Waals surface area contributed by atoms with Crippen molar-refractivity contribution in [2.45, 2.75) is 45.4 Å². The number of nitrogens with zero attached hydrogens (tertiary/aromatic N) is 3. The number of amides is 1. The Morgan fingerprint density at radius 2 is 2.03 bits per heavy atom. The van der Waals surface area contributed by atoms with E-state index in [2.05, 4.69) is 14.8 Å². The third-order valence-electron chi connectivity index (χ3n) is 5.06. The van der Waals surface area contributed by atoms with E-state index in [9.17, 15) is 9.18 Å². The van der Waals surface area contributed by atoms with Crippen LogP contribution in [0.3, 0.4) is 0 Å². The van der Waals surface area contributed by atoms with E-state index in [4.69, 9.17) is 9.72 Å². The maximum atomic E-state index is 13.7. The van der Waals surface area contributed by atoms with Gasteiger partial charge in [0.15, 0.2) is 0 Å². The highest BCUT2D eigenvalue weighted by atomic mass is 19.1. The van der Waals surface area contributed by atoms with Gasteiger partial charge in [-0.25, -0.2) is 14.2 Å². The fraction of sp³-hybridized carbons (Fsp3) is 0.391. The number of para-hydroxylation sites is 2. The van der Waals surface area contributed by atoms with Gasteiger partial charge in [-0.3, -0.25) is 0 Å². The summed E-state index contributed by atoms with van der Waals surface area (Å²) in [6, 6.07) is 14.6. The van der Waals surface area contributed by atoms with Crippen LogP contribution < -0.4 is 10.2 Å². The Hall–Kier alpha value is -3.09. The van der Waals surface area contributed by atoms with Crippen LogP contribution in [0.15, 0.2) is 48.5 Å². The Morgan fingerprint density at radius 3 is 2.80 bits per heavy atom. The largest absolute Gasteiger partial charge is 0.444 e. The van der Waals surface area contributed by atoms with Crippen LogP contribution in [0.2, 0.25) is 0 Å². The van der Waals surface area contributed by atoms with Crippen molar-refractivity contribution in [2.24, 2.45) is 0 Å². The van der Waals surface area contributed by atoms with Gasteiger partial charge in [0.2, 0.25) is 5.95 Å². The van der Waals surface area contributed by atoms with Crippen LogP contribution in [0.1, 0.15) is 32.8 Å². The minimum absolute atomic E-state index is 0.0118. The molecule has 2 aromatic carbocycles. The van der Waals surface area contributed by atoms with E-state index in [0.29, 0.717) is 13.1 Å². The zero-order valence-electron chi connectivity index (χ0n) is 17.6. The third-order valence-corrected chi connectivity index (χ3v) is 5.06. The number of alkyl carbamates (subject to hydrolysis) is 1. The van der Waals surface area contributed by atoms with Crippen molar-refractivity contribution in [3.8, 4) is 0 Å². The first-order valence-corrected chi connectivity index (χ1v) is 10.2. The fourth-order valence-corrected chi connectivity index (χ4v) is 3.81. The summed E-state index contributed by atoms with van der Waals surface area (Å²) >= 11 is 0. The number of ether oxygens (including phenoxy) is 1. The highest BCUT2D eigenvalue weighted by molar-refractivity contribution is 5.79. The van der Waals surface area contributed by atoms with Crippen LogP contribution in [0.5, 0.6) is 0 Å². The Kier molecular flexibility index (Phi) is 5.37. The van der Waals surface area contributed by atoms with E-state index in [0.717, 1.165) is 35.5 Å². The second kappa shape index (κ2) is 7.97. The standard InChI is InChI=1S/C23H27FN4O2/c1-23(2,3)30-22(29)25-18-11-12-27(15-18)21-26-19-9-4-5-10-20(19)28(21)14-16-7-6-8-17(24)13-16/h4-10,13,18H,11-12,14-15H2,1-3H3,(H,25,29)/t18-/m1/s1. The van der Waals surface area contributed by atoms with E-state index >= 15 is 0 Å². The summed E-state index contributed by atoms with van der Waals surface area (Å²) in [5, 5.41) is 2.96. The van der Waals surface area contributed by atoms with Crippen LogP contribution in [-0.2, 0) is 11.3 Å². The molecular weight excluding hydrogens is 383 g/mol. The molecule has 2 heterocycles. The first-order chi connectivity index (χ1) is 14.3. The smallest absolute Gasteiger partial charge is 0.407 e. The number of aromatic nitrogens is 2. The first kappa shape index (κ1) is 20.2. The van der Waals surface area contributed by atoms with E-state index in [1.54, 1.807) is 12.1 Å². The Balaban J connectivity index is 1.56. The molecule has 158 valence electrons. The lowest BCUT2D eigenvalue weighted by molar-refractivity contribution is 0.0509. The molecule has 6 nitrogen and oxygen atoms in total. The Labute approximate surface area is 175 Å². The van der Waals surface area contributed by atoms with Gasteiger partial charge >= 0.3 is 6.09 Å². The summed E-state index contributed by atoms with van der Waals surface area (Å²) in [6.07, 6.45) is 0.408. The molecule has 3 aromatic rings. The molecule has 1 amide bonds. The van der Waals surface area contributed by atoms with Gasteiger partial charge in [0.1, 0.15) is 11.4 Å². The molecule has 1 saturated heterocycles. The number of benzene rings is 2. The van der Waals surface area contributed by atoms with E-state index in [-0.39, 0.29) is 11.9 Å². The number of carbonyl (C=O) groups is 1. The van der Waals surface area contributed by atoms with Gasteiger partial charge in [0.05, 0.1) is 23.6 Å².